The summed E-state index contributed by atoms with van der Waals surface area (Å²) in [6.07, 6.45) is 0.691. The molecule has 1 atom stereocenters. The van der Waals surface area contributed by atoms with Crippen LogP contribution in [-0.4, -0.2) is 35.5 Å². The summed E-state index contributed by atoms with van der Waals surface area (Å²) < 4.78 is 13.6. The van der Waals surface area contributed by atoms with E-state index in [2.05, 4.69) is 10.6 Å². The van der Waals surface area contributed by atoms with Gasteiger partial charge in [0.2, 0.25) is 0 Å². The topological polar surface area (TPSA) is 78.5 Å². The van der Waals surface area contributed by atoms with Gasteiger partial charge in [-0.25, -0.2) is 9.18 Å². The lowest BCUT2D eigenvalue weighted by Gasteiger charge is -2.26. The van der Waals surface area contributed by atoms with Crippen molar-refractivity contribution in [3.8, 4) is 0 Å². The van der Waals surface area contributed by atoms with Gasteiger partial charge in [-0.3, -0.25) is 14.5 Å². The third-order valence-corrected chi connectivity index (χ3v) is 5.79. The summed E-state index contributed by atoms with van der Waals surface area (Å²) in [5, 5.41) is 5.54. The molecule has 2 aromatic carbocycles. The Morgan fingerprint density at radius 2 is 1.93 bits per heavy atom. The first-order chi connectivity index (χ1) is 12.9. The Hall–Kier alpha value is -2.87. The number of rotatable bonds is 2. The summed E-state index contributed by atoms with van der Waals surface area (Å²) in [5.41, 5.74) is 1.76. The maximum Gasteiger partial charge on any atom is 0.319 e. The summed E-state index contributed by atoms with van der Waals surface area (Å²) >= 11 is 1.63. The number of benzene rings is 2. The lowest BCUT2D eigenvalue weighted by Crippen LogP contribution is -2.34. The van der Waals surface area contributed by atoms with Crippen LogP contribution in [-0.2, 0) is 0 Å². The van der Waals surface area contributed by atoms with Gasteiger partial charge in [0, 0.05) is 23.4 Å². The number of nitrogens with one attached hydrogen (secondary N) is 2. The maximum absolute atomic E-state index is 13.6. The van der Waals surface area contributed by atoms with Crippen molar-refractivity contribution < 1.29 is 18.8 Å². The molecule has 0 aromatic heterocycles. The lowest BCUT2D eigenvalue weighted by molar-refractivity contribution is 0.0693. The SMILES string of the molecule is CN1C(=O)c2ccc(NC(=O)NC3CCSc4ccc(F)cc43)cc2C1=O. The fourth-order valence-electron chi connectivity index (χ4n) is 3.28. The van der Waals surface area contributed by atoms with E-state index in [0.29, 0.717) is 17.7 Å². The molecule has 2 heterocycles. The Labute approximate surface area is 159 Å². The predicted octanol–water partition coefficient (Wildman–Crippen LogP) is 3.41. The molecule has 2 aliphatic heterocycles. The van der Waals surface area contributed by atoms with Crippen LogP contribution in [0.2, 0.25) is 0 Å². The highest BCUT2D eigenvalue weighted by Crippen LogP contribution is 2.36. The quantitative estimate of drug-likeness (QED) is 0.777. The van der Waals surface area contributed by atoms with Crippen molar-refractivity contribution in [3.05, 3.63) is 58.9 Å². The molecule has 6 nitrogen and oxygen atoms in total. The van der Waals surface area contributed by atoms with Crippen LogP contribution in [0.1, 0.15) is 38.7 Å². The molecule has 0 saturated carbocycles. The second-order valence-corrected chi connectivity index (χ2v) is 7.54. The van der Waals surface area contributed by atoms with E-state index in [-0.39, 0.29) is 23.3 Å². The summed E-state index contributed by atoms with van der Waals surface area (Å²) in [4.78, 5) is 38.4. The fraction of sp³-hybridized carbons (Fsp3) is 0.211. The number of hydrogen-bond donors (Lipinski definition) is 2. The Kier molecular flexibility index (Phi) is 4.35. The van der Waals surface area contributed by atoms with Crippen molar-refractivity contribution in [1.29, 1.82) is 0 Å². The second kappa shape index (κ2) is 6.70. The number of anilines is 1. The van der Waals surface area contributed by atoms with Crippen LogP contribution in [0.3, 0.4) is 0 Å². The van der Waals surface area contributed by atoms with Crippen LogP contribution in [0, 0.1) is 5.82 Å². The molecule has 2 aromatic rings. The lowest BCUT2D eigenvalue weighted by atomic mass is 10.0. The third kappa shape index (κ3) is 3.16. The molecular weight excluding hydrogens is 369 g/mol. The molecule has 2 aliphatic rings. The van der Waals surface area contributed by atoms with Crippen molar-refractivity contribution in [1.82, 2.24) is 10.2 Å². The molecule has 0 fully saturated rings. The molecule has 0 saturated heterocycles. The van der Waals surface area contributed by atoms with Gasteiger partial charge < -0.3 is 10.6 Å². The molecule has 0 aliphatic carbocycles. The molecule has 4 rings (SSSR count). The first-order valence-electron chi connectivity index (χ1n) is 8.40. The molecule has 138 valence electrons. The van der Waals surface area contributed by atoms with Crippen molar-refractivity contribution in [3.63, 3.8) is 0 Å². The molecular formula is C19H16FN3O3S. The van der Waals surface area contributed by atoms with Crippen LogP contribution >= 0.6 is 11.8 Å². The largest absolute Gasteiger partial charge is 0.331 e. The standard InChI is InChI=1S/C19H16FN3O3S/c1-23-17(24)12-4-3-11(9-13(12)18(23)25)21-19(26)22-15-6-7-27-16-5-2-10(20)8-14(15)16/h2-5,8-9,15H,6-7H2,1H3,(H2,21,22,26). The van der Waals surface area contributed by atoms with E-state index in [1.165, 1.54) is 31.3 Å². The van der Waals surface area contributed by atoms with E-state index in [1.807, 2.05) is 0 Å². The number of imide groups is 1. The van der Waals surface area contributed by atoms with Crippen LogP contribution < -0.4 is 10.6 Å². The highest BCUT2D eigenvalue weighted by Gasteiger charge is 2.33. The average Bonchev–Trinajstić information content (AvgIpc) is 2.86. The fourth-order valence-corrected chi connectivity index (χ4v) is 4.39. The summed E-state index contributed by atoms with van der Waals surface area (Å²) in [7, 11) is 1.42. The maximum atomic E-state index is 13.6. The van der Waals surface area contributed by atoms with Crippen LogP contribution in [0.25, 0.3) is 0 Å². The number of urea groups is 1. The number of amides is 4. The van der Waals surface area contributed by atoms with Crippen molar-refractivity contribution in [2.24, 2.45) is 0 Å². The van der Waals surface area contributed by atoms with Crippen molar-refractivity contribution >= 4 is 35.3 Å². The minimum absolute atomic E-state index is 0.266. The van der Waals surface area contributed by atoms with Gasteiger partial charge in [0.15, 0.2) is 0 Å². The number of fused-ring (bicyclic) bond motifs is 2. The highest BCUT2D eigenvalue weighted by atomic mass is 32.2. The zero-order chi connectivity index (χ0) is 19.1. The molecule has 8 heteroatoms. The van der Waals surface area contributed by atoms with Crippen molar-refractivity contribution in [2.75, 3.05) is 18.1 Å². The van der Waals surface area contributed by atoms with E-state index in [1.54, 1.807) is 23.9 Å². The van der Waals surface area contributed by atoms with E-state index >= 15 is 0 Å². The van der Waals surface area contributed by atoms with Gasteiger partial charge in [0.1, 0.15) is 5.82 Å². The Balaban J connectivity index is 1.50. The van der Waals surface area contributed by atoms with Gasteiger partial charge in [0.05, 0.1) is 17.2 Å². The molecule has 0 bridgehead atoms. The molecule has 4 amide bonds. The smallest absolute Gasteiger partial charge is 0.319 e. The molecule has 27 heavy (non-hydrogen) atoms. The zero-order valence-electron chi connectivity index (χ0n) is 14.4. The Morgan fingerprint density at radius 1 is 1.15 bits per heavy atom. The third-order valence-electron chi connectivity index (χ3n) is 4.66. The first kappa shape index (κ1) is 17.5. The van der Waals surface area contributed by atoms with E-state index in [0.717, 1.165) is 21.1 Å². The predicted molar refractivity (Wildman–Crippen MR) is 99.5 cm³/mol. The molecule has 1 unspecified atom stereocenters. The number of thioether (sulfide) groups is 1. The molecule has 0 spiro atoms. The van der Waals surface area contributed by atoms with Gasteiger partial charge in [-0.1, -0.05) is 0 Å². The summed E-state index contributed by atoms with van der Waals surface area (Å²) in [5.74, 6) is -0.266. The van der Waals surface area contributed by atoms with Gasteiger partial charge in [0.25, 0.3) is 11.8 Å². The number of carbonyl (C=O) groups excluding carboxylic acids is 3. The minimum Gasteiger partial charge on any atom is -0.331 e. The van der Waals surface area contributed by atoms with E-state index < -0.39 is 11.9 Å². The highest BCUT2D eigenvalue weighted by molar-refractivity contribution is 7.99. The number of hydrogen-bond acceptors (Lipinski definition) is 4. The van der Waals surface area contributed by atoms with Gasteiger partial charge in [-0.2, -0.15) is 0 Å². The summed E-state index contributed by atoms with van der Waals surface area (Å²) in [6.45, 7) is 0. The first-order valence-corrected chi connectivity index (χ1v) is 9.39. The monoisotopic (exact) mass is 385 g/mol. The normalized spacial score (nSPS) is 18.1. The van der Waals surface area contributed by atoms with E-state index in [9.17, 15) is 18.8 Å². The summed E-state index contributed by atoms with van der Waals surface area (Å²) in [6, 6.07) is 8.43. The van der Waals surface area contributed by atoms with Crippen molar-refractivity contribution in [2.45, 2.75) is 17.4 Å². The molecule has 0 radical (unpaired) electrons. The number of carbonyl (C=O) groups is 3. The average molecular weight is 385 g/mol. The van der Waals surface area contributed by atoms with Gasteiger partial charge in [-0.05, 0) is 48.4 Å². The Morgan fingerprint density at radius 3 is 2.74 bits per heavy atom. The van der Waals surface area contributed by atoms with Crippen LogP contribution in [0.4, 0.5) is 14.9 Å². The Bertz CT molecular complexity index is 979. The van der Waals surface area contributed by atoms with Gasteiger partial charge in [-0.15, -0.1) is 11.8 Å². The molecule has 2 N–H and O–H groups in total. The minimum atomic E-state index is -0.452. The van der Waals surface area contributed by atoms with E-state index in [4.69, 9.17) is 0 Å². The number of halogens is 1. The number of nitrogens with zero attached hydrogens (tertiary/aromatic N) is 1. The van der Waals surface area contributed by atoms with Gasteiger partial charge >= 0.3 is 6.03 Å². The van der Waals surface area contributed by atoms with Crippen LogP contribution in [0.5, 0.6) is 0 Å². The second-order valence-electron chi connectivity index (χ2n) is 6.40. The van der Waals surface area contributed by atoms with Crippen LogP contribution in [0.15, 0.2) is 41.3 Å². The zero-order valence-corrected chi connectivity index (χ0v) is 15.2.